The standard InChI is InChI=1S/C14H20F3N3O3S/c1-10(13(21)19-9-5-4-8-18)20-24(22,23)12-7-3-2-6-11(12)14(15,16)17/h2-3,6-7,10,20H,4-5,8-9,18H2,1H3,(H,19,21). The van der Waals surface area contributed by atoms with E-state index in [9.17, 15) is 26.4 Å². The number of carbonyl (C=O) groups is 1. The fourth-order valence-electron chi connectivity index (χ4n) is 1.92. The molecule has 0 saturated carbocycles. The highest BCUT2D eigenvalue weighted by molar-refractivity contribution is 7.89. The zero-order valence-electron chi connectivity index (χ0n) is 13.1. The van der Waals surface area contributed by atoms with E-state index in [0.29, 0.717) is 32.0 Å². The Hall–Kier alpha value is -1.65. The van der Waals surface area contributed by atoms with Crippen molar-refractivity contribution in [1.29, 1.82) is 0 Å². The molecule has 1 atom stereocenters. The molecule has 0 aliphatic carbocycles. The molecule has 4 N–H and O–H groups in total. The van der Waals surface area contributed by atoms with Gasteiger partial charge in [-0.3, -0.25) is 4.79 Å². The Bertz CT molecular complexity index is 663. The first kappa shape index (κ1) is 20.4. The number of nitrogens with two attached hydrogens (primary N) is 1. The minimum absolute atomic E-state index is 0.307. The Labute approximate surface area is 138 Å². The van der Waals surface area contributed by atoms with Crippen LogP contribution < -0.4 is 15.8 Å². The fourth-order valence-corrected chi connectivity index (χ4v) is 3.35. The zero-order chi connectivity index (χ0) is 18.4. The van der Waals surface area contributed by atoms with Crippen molar-refractivity contribution in [3.05, 3.63) is 29.8 Å². The van der Waals surface area contributed by atoms with Crippen LogP contribution >= 0.6 is 0 Å². The number of alkyl halides is 3. The molecular weight excluding hydrogens is 347 g/mol. The van der Waals surface area contributed by atoms with Gasteiger partial charge in [-0.05, 0) is 38.4 Å². The van der Waals surface area contributed by atoms with Crippen LogP contribution in [-0.2, 0) is 21.0 Å². The molecule has 1 rings (SSSR count). The molecule has 0 aromatic heterocycles. The largest absolute Gasteiger partial charge is 0.417 e. The van der Waals surface area contributed by atoms with Crippen LogP contribution in [-0.4, -0.2) is 33.5 Å². The van der Waals surface area contributed by atoms with Gasteiger partial charge < -0.3 is 11.1 Å². The number of carbonyl (C=O) groups excluding carboxylic acids is 1. The van der Waals surface area contributed by atoms with E-state index in [1.807, 2.05) is 4.72 Å². The van der Waals surface area contributed by atoms with Crippen molar-refractivity contribution >= 4 is 15.9 Å². The Morgan fingerprint density at radius 3 is 2.46 bits per heavy atom. The minimum atomic E-state index is -4.82. The van der Waals surface area contributed by atoms with Gasteiger partial charge in [-0.2, -0.15) is 17.9 Å². The second-order valence-corrected chi connectivity index (χ2v) is 6.81. The van der Waals surface area contributed by atoms with Crippen molar-refractivity contribution in [2.75, 3.05) is 13.1 Å². The highest BCUT2D eigenvalue weighted by Gasteiger charge is 2.37. The summed E-state index contributed by atoms with van der Waals surface area (Å²) in [6.45, 7) is 2.03. The van der Waals surface area contributed by atoms with Crippen LogP contribution in [0.4, 0.5) is 13.2 Å². The molecule has 0 aliphatic heterocycles. The van der Waals surface area contributed by atoms with Gasteiger partial charge in [-0.1, -0.05) is 12.1 Å². The molecule has 0 spiro atoms. The Balaban J connectivity index is 2.85. The molecule has 24 heavy (non-hydrogen) atoms. The number of sulfonamides is 1. The average molecular weight is 367 g/mol. The summed E-state index contributed by atoms with van der Waals surface area (Å²) in [5.41, 5.74) is 4.02. The SMILES string of the molecule is CC(NS(=O)(=O)c1ccccc1C(F)(F)F)C(=O)NCCCCN. The average Bonchev–Trinajstić information content (AvgIpc) is 2.50. The number of amides is 1. The first-order chi connectivity index (χ1) is 11.1. The van der Waals surface area contributed by atoms with Gasteiger partial charge >= 0.3 is 6.18 Å². The van der Waals surface area contributed by atoms with Crippen LogP contribution in [0, 0.1) is 0 Å². The number of halogens is 3. The van der Waals surface area contributed by atoms with Crippen LogP contribution in [0.3, 0.4) is 0 Å². The molecule has 1 amide bonds. The molecule has 0 fully saturated rings. The molecule has 0 aliphatic rings. The predicted molar refractivity (Wildman–Crippen MR) is 82.5 cm³/mol. The van der Waals surface area contributed by atoms with E-state index in [1.165, 1.54) is 13.0 Å². The summed E-state index contributed by atoms with van der Waals surface area (Å²) in [5.74, 6) is -0.625. The first-order valence-corrected chi connectivity index (χ1v) is 8.74. The quantitative estimate of drug-likeness (QED) is 0.602. The summed E-state index contributed by atoms with van der Waals surface area (Å²) in [5, 5.41) is 2.49. The maximum Gasteiger partial charge on any atom is 0.417 e. The van der Waals surface area contributed by atoms with Crippen LogP contribution in [0.2, 0.25) is 0 Å². The van der Waals surface area contributed by atoms with Crippen molar-refractivity contribution in [3.63, 3.8) is 0 Å². The Morgan fingerprint density at radius 2 is 1.88 bits per heavy atom. The van der Waals surface area contributed by atoms with Gasteiger partial charge in [0.1, 0.15) is 0 Å². The Kier molecular flexibility index (Phi) is 7.18. The summed E-state index contributed by atoms with van der Waals surface area (Å²) in [4.78, 5) is 10.9. The van der Waals surface area contributed by atoms with Crippen LogP contribution in [0.1, 0.15) is 25.3 Å². The fraction of sp³-hybridized carbons (Fsp3) is 0.500. The van der Waals surface area contributed by atoms with E-state index in [2.05, 4.69) is 5.32 Å². The summed E-state index contributed by atoms with van der Waals surface area (Å²) >= 11 is 0. The molecule has 1 aromatic rings. The normalized spacial score (nSPS) is 13.5. The highest BCUT2D eigenvalue weighted by Crippen LogP contribution is 2.33. The number of hydrogen-bond donors (Lipinski definition) is 3. The summed E-state index contributed by atoms with van der Waals surface area (Å²) in [6.07, 6.45) is -3.50. The molecular formula is C14H20F3N3O3S. The third-order valence-corrected chi connectivity index (χ3v) is 4.74. The maximum atomic E-state index is 12.9. The van der Waals surface area contributed by atoms with Gasteiger partial charge in [0, 0.05) is 6.54 Å². The molecule has 10 heteroatoms. The molecule has 0 saturated heterocycles. The van der Waals surface area contributed by atoms with E-state index >= 15 is 0 Å². The Morgan fingerprint density at radius 1 is 1.25 bits per heavy atom. The van der Waals surface area contributed by atoms with Gasteiger partial charge in [0.15, 0.2) is 0 Å². The molecule has 1 unspecified atom stereocenters. The highest BCUT2D eigenvalue weighted by atomic mass is 32.2. The van der Waals surface area contributed by atoms with Gasteiger partial charge in [0.2, 0.25) is 15.9 Å². The smallest absolute Gasteiger partial charge is 0.355 e. The van der Waals surface area contributed by atoms with Crippen LogP contribution in [0.15, 0.2) is 29.2 Å². The third-order valence-electron chi connectivity index (χ3n) is 3.14. The number of rotatable bonds is 8. The predicted octanol–water partition coefficient (Wildman–Crippen LogP) is 1.23. The molecule has 0 radical (unpaired) electrons. The lowest BCUT2D eigenvalue weighted by Gasteiger charge is -2.17. The third kappa shape index (κ3) is 5.77. The van der Waals surface area contributed by atoms with Crippen molar-refractivity contribution < 1.29 is 26.4 Å². The monoisotopic (exact) mass is 367 g/mol. The summed E-state index contributed by atoms with van der Waals surface area (Å²) in [7, 11) is -4.50. The molecule has 1 aromatic carbocycles. The maximum absolute atomic E-state index is 12.9. The van der Waals surface area contributed by atoms with Gasteiger partial charge in [0.25, 0.3) is 0 Å². The van der Waals surface area contributed by atoms with Gasteiger partial charge in [0.05, 0.1) is 16.5 Å². The zero-order valence-corrected chi connectivity index (χ0v) is 13.9. The van der Waals surface area contributed by atoms with E-state index in [-0.39, 0.29) is 0 Å². The second-order valence-electron chi connectivity index (χ2n) is 5.12. The van der Waals surface area contributed by atoms with E-state index in [0.717, 1.165) is 12.1 Å². The molecule has 6 nitrogen and oxygen atoms in total. The first-order valence-electron chi connectivity index (χ1n) is 7.26. The number of hydrogen-bond acceptors (Lipinski definition) is 4. The lowest BCUT2D eigenvalue weighted by atomic mass is 10.2. The molecule has 136 valence electrons. The van der Waals surface area contributed by atoms with Crippen LogP contribution in [0.5, 0.6) is 0 Å². The van der Waals surface area contributed by atoms with Gasteiger partial charge in [-0.25, -0.2) is 8.42 Å². The van der Waals surface area contributed by atoms with Crippen molar-refractivity contribution in [2.45, 2.75) is 36.9 Å². The number of nitrogens with one attached hydrogen (secondary N) is 2. The van der Waals surface area contributed by atoms with E-state index in [1.54, 1.807) is 0 Å². The van der Waals surface area contributed by atoms with E-state index < -0.39 is 38.6 Å². The van der Waals surface area contributed by atoms with Crippen molar-refractivity contribution in [2.24, 2.45) is 5.73 Å². The van der Waals surface area contributed by atoms with Crippen LogP contribution in [0.25, 0.3) is 0 Å². The number of unbranched alkanes of at least 4 members (excludes halogenated alkanes) is 1. The van der Waals surface area contributed by atoms with E-state index in [4.69, 9.17) is 5.73 Å². The lowest BCUT2D eigenvalue weighted by Crippen LogP contribution is -2.45. The minimum Gasteiger partial charge on any atom is -0.355 e. The van der Waals surface area contributed by atoms with Gasteiger partial charge in [-0.15, -0.1) is 0 Å². The molecule has 0 bridgehead atoms. The lowest BCUT2D eigenvalue weighted by molar-refractivity contribution is -0.139. The van der Waals surface area contributed by atoms with Crippen molar-refractivity contribution in [3.8, 4) is 0 Å². The van der Waals surface area contributed by atoms with Crippen molar-refractivity contribution in [1.82, 2.24) is 10.0 Å². The molecule has 0 heterocycles. The summed E-state index contributed by atoms with van der Waals surface area (Å²) in [6, 6.07) is 2.58. The topological polar surface area (TPSA) is 101 Å². The number of benzene rings is 1. The summed E-state index contributed by atoms with van der Waals surface area (Å²) < 4.78 is 65.1. The second kappa shape index (κ2) is 8.45.